The van der Waals surface area contributed by atoms with Crippen LogP contribution in [-0.4, -0.2) is 4.98 Å². The summed E-state index contributed by atoms with van der Waals surface area (Å²) in [7, 11) is 0. The highest BCUT2D eigenvalue weighted by atomic mass is 32.1. The Labute approximate surface area is 61.2 Å². The Morgan fingerprint density at radius 1 is 1.50 bits per heavy atom. The molecule has 2 heterocycles. The molecule has 3 nitrogen and oxygen atoms in total. The first-order valence-electron chi connectivity index (χ1n) is 2.78. The summed E-state index contributed by atoms with van der Waals surface area (Å²) >= 11 is 1.48. The summed E-state index contributed by atoms with van der Waals surface area (Å²) in [5.41, 5.74) is 1.41. The normalized spacial score (nSPS) is 10.4. The molecule has 0 aliphatic rings. The Kier molecular flexibility index (Phi) is 1.07. The van der Waals surface area contributed by atoms with E-state index in [9.17, 15) is 5.21 Å². The number of aromatic nitrogens is 2. The van der Waals surface area contributed by atoms with Crippen molar-refractivity contribution in [1.82, 2.24) is 4.98 Å². The second-order valence-electron chi connectivity index (χ2n) is 1.90. The number of nitrogens with zero attached hydrogens (tertiary/aromatic N) is 2. The van der Waals surface area contributed by atoms with Crippen LogP contribution in [0.15, 0.2) is 23.2 Å². The Hall–Kier alpha value is -1.16. The minimum atomic E-state index is 0.646. The third-order valence-electron chi connectivity index (χ3n) is 1.27. The van der Waals surface area contributed by atoms with Crippen molar-refractivity contribution in [2.24, 2.45) is 0 Å². The summed E-state index contributed by atoms with van der Waals surface area (Å²) in [6, 6.07) is 0. The van der Waals surface area contributed by atoms with Crippen LogP contribution >= 0.6 is 11.3 Å². The van der Waals surface area contributed by atoms with Gasteiger partial charge in [0.05, 0.1) is 11.6 Å². The highest BCUT2D eigenvalue weighted by Crippen LogP contribution is 2.10. The molecule has 0 unspecified atom stereocenters. The van der Waals surface area contributed by atoms with Crippen molar-refractivity contribution in [2.75, 3.05) is 0 Å². The molecule has 0 aliphatic heterocycles. The van der Waals surface area contributed by atoms with Gasteiger partial charge in [0, 0.05) is 5.38 Å². The van der Waals surface area contributed by atoms with Gasteiger partial charge in [0.25, 0.3) is 5.52 Å². The van der Waals surface area contributed by atoms with Crippen LogP contribution in [0.3, 0.4) is 0 Å². The van der Waals surface area contributed by atoms with Gasteiger partial charge in [-0.15, -0.1) is 11.3 Å². The van der Waals surface area contributed by atoms with Crippen LogP contribution in [-0.2, 0) is 0 Å². The second kappa shape index (κ2) is 1.91. The summed E-state index contributed by atoms with van der Waals surface area (Å²) in [5.74, 6) is 0. The lowest BCUT2D eigenvalue weighted by atomic mass is 10.5. The Balaban J connectivity index is 2.95. The van der Waals surface area contributed by atoms with E-state index in [0.29, 0.717) is 5.52 Å². The maximum Gasteiger partial charge on any atom is 0.253 e. The van der Waals surface area contributed by atoms with E-state index < -0.39 is 0 Å². The first-order chi connectivity index (χ1) is 4.88. The first-order valence-corrected chi connectivity index (χ1v) is 3.72. The number of thiophene rings is 1. The molecule has 10 heavy (non-hydrogen) atoms. The summed E-state index contributed by atoms with van der Waals surface area (Å²) < 4.78 is 0.818. The molecule has 2 rings (SSSR count). The molecule has 0 aliphatic carbocycles. The van der Waals surface area contributed by atoms with Crippen LogP contribution < -0.4 is 4.73 Å². The third-order valence-corrected chi connectivity index (χ3v) is 1.99. The van der Waals surface area contributed by atoms with Crippen LogP contribution in [0.4, 0.5) is 0 Å². The highest BCUT2D eigenvalue weighted by molar-refractivity contribution is 7.09. The standard InChI is InChI=1S/C6H4N2OS/c9-8-2-1-7-5-3-10-4-6(5)8/h1-4H. The van der Waals surface area contributed by atoms with Gasteiger partial charge in [-0.1, -0.05) is 0 Å². The van der Waals surface area contributed by atoms with E-state index in [4.69, 9.17) is 0 Å². The SMILES string of the molecule is [O-][n+]1ccnc2cscc21. The van der Waals surface area contributed by atoms with Gasteiger partial charge in [0.15, 0.2) is 6.20 Å². The zero-order valence-electron chi connectivity index (χ0n) is 5.02. The maximum atomic E-state index is 10.9. The molecule has 2 aromatic rings. The van der Waals surface area contributed by atoms with Crippen molar-refractivity contribution in [3.8, 4) is 0 Å². The summed E-state index contributed by atoms with van der Waals surface area (Å²) in [6.07, 6.45) is 2.90. The van der Waals surface area contributed by atoms with Gasteiger partial charge in [-0.2, -0.15) is 4.73 Å². The highest BCUT2D eigenvalue weighted by Gasteiger charge is 2.02. The second-order valence-corrected chi connectivity index (χ2v) is 2.64. The van der Waals surface area contributed by atoms with E-state index in [2.05, 4.69) is 4.98 Å². The Morgan fingerprint density at radius 2 is 2.40 bits per heavy atom. The molecule has 0 spiro atoms. The lowest BCUT2D eigenvalue weighted by molar-refractivity contribution is -0.577. The van der Waals surface area contributed by atoms with E-state index in [1.165, 1.54) is 23.7 Å². The van der Waals surface area contributed by atoms with Crippen LogP contribution in [0.25, 0.3) is 11.0 Å². The predicted molar refractivity (Wildman–Crippen MR) is 38.6 cm³/mol. The zero-order valence-corrected chi connectivity index (χ0v) is 5.84. The van der Waals surface area contributed by atoms with E-state index >= 15 is 0 Å². The summed E-state index contributed by atoms with van der Waals surface area (Å²) in [6.45, 7) is 0. The monoisotopic (exact) mass is 152 g/mol. The fraction of sp³-hybridized carbons (Fsp3) is 0. The molecule has 4 heteroatoms. The van der Waals surface area contributed by atoms with Crippen molar-refractivity contribution in [2.45, 2.75) is 0 Å². The molecule has 0 atom stereocenters. The number of fused-ring (bicyclic) bond motifs is 1. The van der Waals surface area contributed by atoms with Gasteiger partial charge in [0.1, 0.15) is 5.52 Å². The summed E-state index contributed by atoms with van der Waals surface area (Å²) in [5, 5.41) is 14.6. The first kappa shape index (κ1) is 5.61. The van der Waals surface area contributed by atoms with Crippen LogP contribution in [0, 0.1) is 5.21 Å². The fourth-order valence-electron chi connectivity index (χ4n) is 0.800. The smallest absolute Gasteiger partial charge is 0.253 e. The quantitative estimate of drug-likeness (QED) is 0.416. The maximum absolute atomic E-state index is 10.9. The minimum Gasteiger partial charge on any atom is -0.618 e. The van der Waals surface area contributed by atoms with E-state index in [1.54, 1.807) is 5.38 Å². The fourth-order valence-corrected chi connectivity index (χ4v) is 1.53. The average molecular weight is 152 g/mol. The number of hydrogen-bond acceptors (Lipinski definition) is 3. The largest absolute Gasteiger partial charge is 0.618 e. The van der Waals surface area contributed by atoms with Gasteiger partial charge < -0.3 is 5.21 Å². The topological polar surface area (TPSA) is 39.8 Å². The molecule has 0 aromatic carbocycles. The molecule has 0 amide bonds. The zero-order chi connectivity index (χ0) is 6.97. The molecule has 0 fully saturated rings. The van der Waals surface area contributed by atoms with E-state index in [0.717, 1.165) is 10.2 Å². The predicted octanol–water partition coefficient (Wildman–Crippen LogP) is 0.930. The van der Waals surface area contributed by atoms with Crippen LogP contribution in [0.1, 0.15) is 0 Å². The molecule has 0 saturated heterocycles. The van der Waals surface area contributed by atoms with Gasteiger partial charge in [0.2, 0.25) is 0 Å². The van der Waals surface area contributed by atoms with Gasteiger partial charge in [-0.3, -0.25) is 0 Å². The minimum absolute atomic E-state index is 0.646. The Bertz CT molecular complexity index is 357. The van der Waals surface area contributed by atoms with Crippen molar-refractivity contribution >= 4 is 22.4 Å². The lowest BCUT2D eigenvalue weighted by Crippen LogP contribution is -2.25. The van der Waals surface area contributed by atoms with Crippen LogP contribution in [0.2, 0.25) is 0 Å². The molecule has 2 aromatic heterocycles. The van der Waals surface area contributed by atoms with Crippen molar-refractivity contribution < 1.29 is 4.73 Å². The lowest BCUT2D eigenvalue weighted by Gasteiger charge is -1.93. The molecular formula is C6H4N2OS. The van der Waals surface area contributed by atoms with Crippen LogP contribution in [0.5, 0.6) is 0 Å². The van der Waals surface area contributed by atoms with Crippen molar-refractivity contribution in [3.05, 3.63) is 28.4 Å². The van der Waals surface area contributed by atoms with Crippen molar-refractivity contribution in [1.29, 1.82) is 0 Å². The molecule has 0 saturated carbocycles. The number of hydrogen-bond donors (Lipinski definition) is 0. The van der Waals surface area contributed by atoms with Gasteiger partial charge in [-0.05, 0) is 0 Å². The number of rotatable bonds is 0. The molecule has 0 N–H and O–H groups in total. The molecule has 50 valence electrons. The Morgan fingerprint density at radius 3 is 3.20 bits per heavy atom. The van der Waals surface area contributed by atoms with Gasteiger partial charge >= 0.3 is 0 Å². The van der Waals surface area contributed by atoms with E-state index in [-0.39, 0.29) is 0 Å². The third kappa shape index (κ3) is 0.657. The van der Waals surface area contributed by atoms with Crippen molar-refractivity contribution in [3.63, 3.8) is 0 Å². The van der Waals surface area contributed by atoms with Gasteiger partial charge in [-0.25, -0.2) is 4.98 Å². The molecular weight excluding hydrogens is 148 g/mol. The summed E-state index contributed by atoms with van der Waals surface area (Å²) in [4.78, 5) is 3.99. The average Bonchev–Trinajstić information content (AvgIpc) is 2.36. The molecule has 0 bridgehead atoms. The molecule has 0 radical (unpaired) electrons. The van der Waals surface area contributed by atoms with E-state index in [1.807, 2.05) is 5.38 Å².